The van der Waals surface area contributed by atoms with Gasteiger partial charge in [0.2, 0.25) is 5.91 Å². The minimum Gasteiger partial charge on any atom is -0.497 e. The zero-order valence-corrected chi connectivity index (χ0v) is 17.9. The van der Waals surface area contributed by atoms with Crippen molar-refractivity contribution in [1.82, 2.24) is 14.9 Å². The lowest BCUT2D eigenvalue weighted by atomic mass is 10.1. The molecule has 1 N–H and O–H groups in total. The highest BCUT2D eigenvalue weighted by Crippen LogP contribution is 2.37. The van der Waals surface area contributed by atoms with Gasteiger partial charge in [-0.3, -0.25) is 14.2 Å². The van der Waals surface area contributed by atoms with Crippen LogP contribution in [0.5, 0.6) is 5.75 Å². The first kappa shape index (κ1) is 20.5. The molecule has 6 nitrogen and oxygen atoms in total. The van der Waals surface area contributed by atoms with Gasteiger partial charge in [0.05, 0.1) is 23.3 Å². The SMILES string of the molecule is COc1ccc(CCNC(=O)[C@H](C)Sc2nc3ccccc3c(=O)n2C2CC2)cc1. The standard InChI is InChI=1S/C23H25N3O3S/c1-15(21(27)24-14-13-16-7-11-18(29-2)12-8-16)30-23-25-20-6-4-3-5-19(20)22(28)26(23)17-9-10-17/h3-8,11-12,15,17H,9-10,13-14H2,1-2H3,(H,24,27)/t15-/m0/s1. The lowest BCUT2D eigenvalue weighted by molar-refractivity contribution is -0.120. The minimum atomic E-state index is -0.348. The largest absolute Gasteiger partial charge is 0.497 e. The molecule has 1 atom stereocenters. The van der Waals surface area contributed by atoms with E-state index in [1.165, 1.54) is 11.8 Å². The summed E-state index contributed by atoms with van der Waals surface area (Å²) in [6.45, 7) is 2.41. The van der Waals surface area contributed by atoms with Crippen molar-refractivity contribution in [1.29, 1.82) is 0 Å². The number of hydrogen-bond donors (Lipinski definition) is 1. The molecule has 1 amide bonds. The number of aromatic nitrogens is 2. The van der Waals surface area contributed by atoms with Crippen molar-refractivity contribution in [3.8, 4) is 5.75 Å². The summed E-state index contributed by atoms with van der Waals surface area (Å²) < 4.78 is 6.94. The summed E-state index contributed by atoms with van der Waals surface area (Å²) in [6.07, 6.45) is 2.71. The molecule has 1 heterocycles. The Hall–Kier alpha value is -2.80. The Balaban J connectivity index is 1.42. The number of ether oxygens (including phenoxy) is 1. The molecule has 0 aliphatic heterocycles. The minimum absolute atomic E-state index is 0.0160. The number of carbonyl (C=O) groups excluding carboxylic acids is 1. The van der Waals surface area contributed by atoms with Crippen molar-refractivity contribution in [2.24, 2.45) is 0 Å². The number of nitrogens with zero attached hydrogens (tertiary/aromatic N) is 2. The molecule has 156 valence electrons. The average Bonchev–Trinajstić information content (AvgIpc) is 3.59. The monoisotopic (exact) mass is 423 g/mol. The number of para-hydroxylation sites is 1. The summed E-state index contributed by atoms with van der Waals surface area (Å²) in [5.74, 6) is 0.760. The number of carbonyl (C=O) groups is 1. The smallest absolute Gasteiger partial charge is 0.262 e. The molecule has 1 aliphatic rings. The summed E-state index contributed by atoms with van der Waals surface area (Å²) in [5.41, 5.74) is 1.79. The zero-order chi connectivity index (χ0) is 21.1. The van der Waals surface area contributed by atoms with Gasteiger partial charge in [-0.1, -0.05) is 36.0 Å². The maximum Gasteiger partial charge on any atom is 0.262 e. The number of amides is 1. The Morgan fingerprint density at radius 1 is 1.23 bits per heavy atom. The van der Waals surface area contributed by atoms with Crippen LogP contribution >= 0.6 is 11.8 Å². The van der Waals surface area contributed by atoms with Crippen LogP contribution < -0.4 is 15.6 Å². The van der Waals surface area contributed by atoms with E-state index in [1.54, 1.807) is 11.7 Å². The van der Waals surface area contributed by atoms with Gasteiger partial charge in [0.15, 0.2) is 5.16 Å². The highest BCUT2D eigenvalue weighted by molar-refractivity contribution is 8.00. The molecular weight excluding hydrogens is 398 g/mol. The first-order chi connectivity index (χ1) is 14.6. The van der Waals surface area contributed by atoms with E-state index >= 15 is 0 Å². The number of methoxy groups -OCH3 is 1. The number of hydrogen-bond acceptors (Lipinski definition) is 5. The lowest BCUT2D eigenvalue weighted by Gasteiger charge is -2.16. The second kappa shape index (κ2) is 8.92. The average molecular weight is 424 g/mol. The van der Waals surface area contributed by atoms with Gasteiger partial charge >= 0.3 is 0 Å². The first-order valence-corrected chi connectivity index (χ1v) is 11.0. The van der Waals surface area contributed by atoms with E-state index < -0.39 is 0 Å². The van der Waals surface area contributed by atoms with Crippen LogP contribution in [0.2, 0.25) is 0 Å². The van der Waals surface area contributed by atoms with Crippen molar-refractivity contribution in [2.45, 2.75) is 42.6 Å². The summed E-state index contributed by atoms with van der Waals surface area (Å²) in [6, 6.07) is 15.4. The van der Waals surface area contributed by atoms with Crippen molar-refractivity contribution in [3.05, 3.63) is 64.4 Å². The van der Waals surface area contributed by atoms with E-state index in [0.717, 1.165) is 30.6 Å². The lowest BCUT2D eigenvalue weighted by Crippen LogP contribution is -2.33. The fourth-order valence-electron chi connectivity index (χ4n) is 3.34. The van der Waals surface area contributed by atoms with Crippen LogP contribution in [0.4, 0.5) is 0 Å². The fourth-order valence-corrected chi connectivity index (χ4v) is 4.34. The van der Waals surface area contributed by atoms with Gasteiger partial charge in [-0.2, -0.15) is 0 Å². The van der Waals surface area contributed by atoms with Gasteiger partial charge in [0, 0.05) is 12.6 Å². The number of nitrogens with one attached hydrogen (secondary N) is 1. The molecule has 1 fully saturated rings. The predicted molar refractivity (Wildman–Crippen MR) is 119 cm³/mol. The van der Waals surface area contributed by atoms with Crippen LogP contribution in [0.15, 0.2) is 58.5 Å². The molecule has 0 saturated heterocycles. The van der Waals surface area contributed by atoms with Crippen LogP contribution in [-0.2, 0) is 11.2 Å². The summed E-state index contributed by atoms with van der Waals surface area (Å²) in [4.78, 5) is 30.3. The van der Waals surface area contributed by atoms with Gasteiger partial charge in [-0.25, -0.2) is 4.98 Å². The van der Waals surface area contributed by atoms with Crippen molar-refractivity contribution in [3.63, 3.8) is 0 Å². The molecule has 1 aliphatic carbocycles. The van der Waals surface area contributed by atoms with Crippen LogP contribution in [-0.4, -0.2) is 34.4 Å². The van der Waals surface area contributed by atoms with E-state index in [-0.39, 0.29) is 22.8 Å². The van der Waals surface area contributed by atoms with Gasteiger partial charge in [0.25, 0.3) is 5.56 Å². The molecule has 0 bridgehead atoms. The number of rotatable bonds is 8. The van der Waals surface area contributed by atoms with E-state index in [1.807, 2.05) is 55.5 Å². The molecule has 0 spiro atoms. The summed E-state index contributed by atoms with van der Waals surface area (Å²) in [5, 5.41) is 3.90. The Morgan fingerprint density at radius 3 is 2.67 bits per heavy atom. The van der Waals surface area contributed by atoms with Crippen LogP contribution in [0, 0.1) is 0 Å². The Kier molecular flexibility index (Phi) is 6.08. The van der Waals surface area contributed by atoms with Crippen LogP contribution in [0.3, 0.4) is 0 Å². The molecular formula is C23H25N3O3S. The Labute approximate surface area is 179 Å². The molecule has 7 heteroatoms. The van der Waals surface area contributed by atoms with Crippen molar-refractivity contribution < 1.29 is 9.53 Å². The first-order valence-electron chi connectivity index (χ1n) is 10.2. The van der Waals surface area contributed by atoms with E-state index in [4.69, 9.17) is 9.72 Å². The summed E-state index contributed by atoms with van der Waals surface area (Å²) in [7, 11) is 1.64. The number of thioether (sulfide) groups is 1. The molecule has 30 heavy (non-hydrogen) atoms. The molecule has 0 radical (unpaired) electrons. The van der Waals surface area contributed by atoms with Crippen molar-refractivity contribution >= 4 is 28.6 Å². The molecule has 0 unspecified atom stereocenters. The third-order valence-electron chi connectivity index (χ3n) is 5.21. The molecule has 4 rings (SSSR count). The van der Waals surface area contributed by atoms with E-state index in [2.05, 4.69) is 5.32 Å². The van der Waals surface area contributed by atoms with E-state index in [0.29, 0.717) is 22.6 Å². The third-order valence-corrected chi connectivity index (χ3v) is 6.28. The second-order valence-electron chi connectivity index (χ2n) is 7.47. The summed E-state index contributed by atoms with van der Waals surface area (Å²) >= 11 is 1.35. The zero-order valence-electron chi connectivity index (χ0n) is 17.1. The maximum absolute atomic E-state index is 13.0. The number of benzene rings is 2. The van der Waals surface area contributed by atoms with E-state index in [9.17, 15) is 9.59 Å². The topological polar surface area (TPSA) is 73.2 Å². The molecule has 2 aromatic carbocycles. The fraction of sp³-hybridized carbons (Fsp3) is 0.348. The van der Waals surface area contributed by atoms with Gasteiger partial charge in [0.1, 0.15) is 5.75 Å². The second-order valence-corrected chi connectivity index (χ2v) is 8.77. The normalized spacial score (nSPS) is 14.5. The van der Waals surface area contributed by atoms with Crippen LogP contribution in [0.1, 0.15) is 31.4 Å². The Morgan fingerprint density at radius 2 is 1.97 bits per heavy atom. The Bertz CT molecular complexity index is 1110. The van der Waals surface area contributed by atoms with Crippen molar-refractivity contribution in [2.75, 3.05) is 13.7 Å². The molecule has 3 aromatic rings. The van der Waals surface area contributed by atoms with Gasteiger partial charge < -0.3 is 10.1 Å². The van der Waals surface area contributed by atoms with Gasteiger partial charge in [-0.05, 0) is 56.0 Å². The predicted octanol–water partition coefficient (Wildman–Crippen LogP) is 3.58. The number of fused-ring (bicyclic) bond motifs is 1. The third kappa shape index (κ3) is 4.51. The highest BCUT2D eigenvalue weighted by atomic mass is 32.2. The highest BCUT2D eigenvalue weighted by Gasteiger charge is 2.30. The molecule has 1 aromatic heterocycles. The quantitative estimate of drug-likeness (QED) is 0.443. The van der Waals surface area contributed by atoms with Crippen LogP contribution in [0.25, 0.3) is 10.9 Å². The maximum atomic E-state index is 13.0. The molecule has 1 saturated carbocycles. The van der Waals surface area contributed by atoms with Gasteiger partial charge in [-0.15, -0.1) is 0 Å².